The molecule has 15 heavy (non-hydrogen) atoms. The summed E-state index contributed by atoms with van der Waals surface area (Å²) in [6, 6.07) is 0. The van der Waals surface area contributed by atoms with Crippen LogP contribution in [-0.4, -0.2) is 22.7 Å². The van der Waals surface area contributed by atoms with Crippen molar-refractivity contribution < 1.29 is 9.59 Å². The zero-order chi connectivity index (χ0) is 11.4. The zero-order valence-electron chi connectivity index (χ0n) is 8.04. The van der Waals surface area contributed by atoms with Gasteiger partial charge < -0.3 is 11.1 Å². The Morgan fingerprint density at radius 2 is 2.27 bits per heavy atom. The second-order valence-corrected chi connectivity index (χ2v) is 4.15. The summed E-state index contributed by atoms with van der Waals surface area (Å²) in [5, 5.41) is 3.19. The minimum Gasteiger partial charge on any atom is -0.365 e. The monoisotopic (exact) mass is 247 g/mol. The molecule has 0 aliphatic heterocycles. The fourth-order valence-electron chi connectivity index (χ4n) is 0.978. The smallest absolute Gasteiger partial charge is 0.260 e. The number of amides is 2. The van der Waals surface area contributed by atoms with Crippen molar-refractivity contribution in [3.63, 3.8) is 0 Å². The van der Waals surface area contributed by atoms with Crippen LogP contribution in [-0.2, 0) is 11.3 Å². The van der Waals surface area contributed by atoms with Gasteiger partial charge in [0.2, 0.25) is 5.91 Å². The van der Waals surface area contributed by atoms with Crippen molar-refractivity contribution in [2.75, 3.05) is 5.88 Å². The predicted octanol–water partition coefficient (Wildman–Crippen LogP) is 0.405. The molecule has 0 unspecified atom stereocenters. The molecule has 0 spiro atoms. The molecule has 1 rings (SSSR count). The summed E-state index contributed by atoms with van der Waals surface area (Å²) < 4.78 is 0. The maximum Gasteiger partial charge on any atom is 0.260 e. The Labute approximate surface area is 95.6 Å². The molecule has 1 heterocycles. The molecule has 0 fully saturated rings. The van der Waals surface area contributed by atoms with E-state index < -0.39 is 5.91 Å². The van der Waals surface area contributed by atoms with Gasteiger partial charge >= 0.3 is 0 Å². The van der Waals surface area contributed by atoms with Crippen molar-refractivity contribution in [2.45, 2.75) is 13.5 Å². The lowest BCUT2D eigenvalue weighted by Gasteiger charge is -1.97. The van der Waals surface area contributed by atoms with E-state index in [-0.39, 0.29) is 18.3 Å². The van der Waals surface area contributed by atoms with Gasteiger partial charge in [0, 0.05) is 0 Å². The number of halogens is 1. The molecule has 0 aliphatic carbocycles. The van der Waals surface area contributed by atoms with Crippen molar-refractivity contribution in [2.24, 2.45) is 5.73 Å². The molecule has 82 valence electrons. The van der Waals surface area contributed by atoms with Crippen LogP contribution in [0.15, 0.2) is 0 Å². The molecule has 1 aromatic heterocycles. The fourth-order valence-corrected chi connectivity index (χ4v) is 1.93. The summed E-state index contributed by atoms with van der Waals surface area (Å²) >= 11 is 6.48. The third-order valence-electron chi connectivity index (χ3n) is 1.62. The first kappa shape index (κ1) is 11.9. The fraction of sp³-hybridized carbons (Fsp3) is 0.375. The molecule has 0 atom stereocenters. The van der Waals surface area contributed by atoms with Gasteiger partial charge in [-0.1, -0.05) is 0 Å². The maximum absolute atomic E-state index is 10.9. The Balaban J connectivity index is 2.67. The van der Waals surface area contributed by atoms with Crippen LogP contribution in [0.4, 0.5) is 0 Å². The van der Waals surface area contributed by atoms with E-state index in [2.05, 4.69) is 10.3 Å². The van der Waals surface area contributed by atoms with Gasteiger partial charge in [-0.05, 0) is 6.92 Å². The quantitative estimate of drug-likeness (QED) is 0.756. The van der Waals surface area contributed by atoms with Crippen molar-refractivity contribution in [3.05, 3.63) is 15.6 Å². The third-order valence-corrected chi connectivity index (χ3v) is 3.04. The molecular weight excluding hydrogens is 238 g/mol. The Kier molecular flexibility index (Phi) is 4.05. The number of nitrogens with two attached hydrogens (primary N) is 1. The van der Waals surface area contributed by atoms with E-state index in [9.17, 15) is 9.59 Å². The van der Waals surface area contributed by atoms with Gasteiger partial charge in [0.25, 0.3) is 5.91 Å². The predicted molar refractivity (Wildman–Crippen MR) is 57.9 cm³/mol. The lowest BCUT2D eigenvalue weighted by Crippen LogP contribution is -2.23. The molecule has 0 radical (unpaired) electrons. The number of alkyl halides is 1. The van der Waals surface area contributed by atoms with Crippen LogP contribution in [0.25, 0.3) is 0 Å². The highest BCUT2D eigenvalue weighted by Gasteiger charge is 2.12. The SMILES string of the molecule is Cc1nc(CNC(=O)CCl)sc1C(N)=O. The zero-order valence-corrected chi connectivity index (χ0v) is 9.61. The molecule has 7 heteroatoms. The highest BCUT2D eigenvalue weighted by molar-refractivity contribution is 7.13. The molecular formula is C8H10ClN3O2S. The second-order valence-electron chi connectivity index (χ2n) is 2.80. The van der Waals surface area contributed by atoms with Gasteiger partial charge in [-0.15, -0.1) is 22.9 Å². The van der Waals surface area contributed by atoms with Gasteiger partial charge in [0.15, 0.2) is 0 Å². The van der Waals surface area contributed by atoms with Crippen molar-refractivity contribution in [1.29, 1.82) is 0 Å². The third kappa shape index (κ3) is 3.17. The Hall–Kier alpha value is -1.14. The summed E-state index contributed by atoms with van der Waals surface area (Å²) in [5.41, 5.74) is 5.72. The summed E-state index contributed by atoms with van der Waals surface area (Å²) in [6.45, 7) is 1.97. The number of primary amides is 1. The highest BCUT2D eigenvalue weighted by Crippen LogP contribution is 2.16. The van der Waals surface area contributed by atoms with E-state index >= 15 is 0 Å². The van der Waals surface area contributed by atoms with Gasteiger partial charge in [0.05, 0.1) is 12.2 Å². The van der Waals surface area contributed by atoms with E-state index in [1.165, 1.54) is 11.3 Å². The van der Waals surface area contributed by atoms with Crippen LogP contribution in [0.2, 0.25) is 0 Å². The van der Waals surface area contributed by atoms with Crippen LogP contribution in [0, 0.1) is 6.92 Å². The van der Waals surface area contributed by atoms with Crippen LogP contribution >= 0.6 is 22.9 Å². The Bertz CT molecular complexity index is 391. The average Bonchev–Trinajstić information content (AvgIpc) is 2.56. The minimum absolute atomic E-state index is 0.0902. The highest BCUT2D eigenvalue weighted by atomic mass is 35.5. The van der Waals surface area contributed by atoms with Crippen molar-refractivity contribution in [1.82, 2.24) is 10.3 Å². The van der Waals surface area contributed by atoms with Gasteiger partial charge in [-0.2, -0.15) is 0 Å². The number of nitrogens with zero attached hydrogens (tertiary/aromatic N) is 1. The molecule has 0 saturated heterocycles. The van der Waals surface area contributed by atoms with Gasteiger partial charge in [-0.3, -0.25) is 9.59 Å². The van der Waals surface area contributed by atoms with E-state index in [0.29, 0.717) is 15.6 Å². The van der Waals surface area contributed by atoms with Crippen LogP contribution in [0.5, 0.6) is 0 Å². The van der Waals surface area contributed by atoms with Gasteiger partial charge in [-0.25, -0.2) is 4.98 Å². The molecule has 0 aromatic carbocycles. The molecule has 0 bridgehead atoms. The van der Waals surface area contributed by atoms with E-state index in [1.807, 2.05) is 0 Å². The summed E-state index contributed by atoms with van der Waals surface area (Å²) in [7, 11) is 0. The first-order valence-electron chi connectivity index (χ1n) is 4.13. The second kappa shape index (κ2) is 5.09. The molecule has 0 saturated carbocycles. The lowest BCUT2D eigenvalue weighted by molar-refractivity contribution is -0.118. The van der Waals surface area contributed by atoms with E-state index in [4.69, 9.17) is 17.3 Å². The van der Waals surface area contributed by atoms with Crippen molar-refractivity contribution in [3.8, 4) is 0 Å². The van der Waals surface area contributed by atoms with Crippen LogP contribution in [0.1, 0.15) is 20.4 Å². The lowest BCUT2D eigenvalue weighted by atomic mass is 10.4. The topological polar surface area (TPSA) is 85.1 Å². The van der Waals surface area contributed by atoms with E-state index in [0.717, 1.165) is 0 Å². The number of nitrogens with one attached hydrogen (secondary N) is 1. The summed E-state index contributed by atoms with van der Waals surface area (Å²) in [4.78, 5) is 26.3. The first-order chi connectivity index (χ1) is 7.04. The van der Waals surface area contributed by atoms with E-state index in [1.54, 1.807) is 6.92 Å². The number of carbonyl (C=O) groups is 2. The number of aryl methyl sites for hydroxylation is 1. The van der Waals surface area contributed by atoms with Crippen molar-refractivity contribution >= 4 is 34.8 Å². The summed E-state index contributed by atoms with van der Waals surface area (Å²) in [5.74, 6) is -0.863. The standard InChI is InChI=1S/C8H10ClN3O2S/c1-4-7(8(10)14)15-6(12-4)3-11-5(13)2-9/h2-3H2,1H3,(H2,10,14)(H,11,13). The number of thiazole rings is 1. The molecule has 1 aromatic rings. The number of hydrogen-bond acceptors (Lipinski definition) is 4. The number of hydrogen-bond donors (Lipinski definition) is 2. The van der Waals surface area contributed by atoms with Crippen LogP contribution < -0.4 is 11.1 Å². The number of rotatable bonds is 4. The maximum atomic E-state index is 10.9. The number of aromatic nitrogens is 1. The minimum atomic E-state index is -0.500. The van der Waals surface area contributed by atoms with Crippen LogP contribution in [0.3, 0.4) is 0 Å². The molecule has 0 aliphatic rings. The largest absolute Gasteiger partial charge is 0.365 e. The molecule has 3 N–H and O–H groups in total. The number of carbonyl (C=O) groups excluding carboxylic acids is 2. The summed E-state index contributed by atoms with van der Waals surface area (Å²) in [6.07, 6.45) is 0. The first-order valence-corrected chi connectivity index (χ1v) is 5.48. The Morgan fingerprint density at radius 1 is 1.60 bits per heavy atom. The van der Waals surface area contributed by atoms with Gasteiger partial charge in [0.1, 0.15) is 15.8 Å². The molecule has 2 amide bonds. The normalized spacial score (nSPS) is 10.0. The average molecular weight is 248 g/mol. The Morgan fingerprint density at radius 3 is 2.73 bits per heavy atom. The molecule has 5 nitrogen and oxygen atoms in total.